The zero-order valence-electron chi connectivity index (χ0n) is 20.1. The fourth-order valence-corrected chi connectivity index (χ4v) is 4.33. The summed E-state index contributed by atoms with van der Waals surface area (Å²) in [6.07, 6.45) is -2.92. The van der Waals surface area contributed by atoms with Crippen LogP contribution in [0.3, 0.4) is 0 Å². The van der Waals surface area contributed by atoms with E-state index in [9.17, 15) is 18.0 Å². The van der Waals surface area contributed by atoms with Gasteiger partial charge in [0.25, 0.3) is 0 Å². The molecule has 12 heteroatoms. The first kappa shape index (κ1) is 25.1. The molecular formula is C24H27F3N6O3. The van der Waals surface area contributed by atoms with E-state index in [-0.39, 0.29) is 29.3 Å². The summed E-state index contributed by atoms with van der Waals surface area (Å²) < 4.78 is 50.8. The van der Waals surface area contributed by atoms with E-state index >= 15 is 0 Å². The molecule has 0 saturated carbocycles. The zero-order valence-corrected chi connectivity index (χ0v) is 20.1. The van der Waals surface area contributed by atoms with Crippen LogP contribution in [-0.2, 0) is 11.0 Å². The Morgan fingerprint density at radius 1 is 1.11 bits per heavy atom. The van der Waals surface area contributed by atoms with Crippen LogP contribution in [0.4, 0.5) is 36.3 Å². The standard InChI is InChI=1S/C24H27F3N6O3/c1-13(34)29-16-5-4-6-33(12-16)22-18-10-20(35-2)21(36-3)11-19(18)31-23(32-22)30-17-8-14(24(25,26)27)7-15(28)9-17/h7-11,16H,4-6,12,28H2,1-3H3,(H,29,34)(H,30,31,32)/t16-/m1/s1. The van der Waals surface area contributed by atoms with Crippen molar-refractivity contribution in [3.8, 4) is 11.5 Å². The number of carbonyl (C=O) groups excluding carboxylic acids is 1. The minimum atomic E-state index is -4.56. The van der Waals surface area contributed by atoms with Gasteiger partial charge < -0.3 is 30.7 Å². The predicted octanol–water partition coefficient (Wildman–Crippen LogP) is 4.10. The van der Waals surface area contributed by atoms with Gasteiger partial charge in [-0.15, -0.1) is 0 Å². The van der Waals surface area contributed by atoms with Crippen LogP contribution in [0.25, 0.3) is 10.9 Å². The highest BCUT2D eigenvalue weighted by Gasteiger charge is 2.31. The number of alkyl halides is 3. The number of hydrogen-bond acceptors (Lipinski definition) is 8. The van der Waals surface area contributed by atoms with Gasteiger partial charge in [-0.2, -0.15) is 18.2 Å². The van der Waals surface area contributed by atoms with Crippen molar-refractivity contribution in [2.45, 2.75) is 32.0 Å². The topological polar surface area (TPSA) is 115 Å². The molecule has 9 nitrogen and oxygen atoms in total. The number of carbonyl (C=O) groups is 1. The van der Waals surface area contributed by atoms with Crippen LogP contribution in [0, 0.1) is 0 Å². The van der Waals surface area contributed by atoms with Crippen LogP contribution in [0.1, 0.15) is 25.3 Å². The Morgan fingerprint density at radius 2 is 1.83 bits per heavy atom. The lowest BCUT2D eigenvalue weighted by molar-refractivity contribution is -0.137. The molecule has 4 rings (SSSR count). The molecular weight excluding hydrogens is 477 g/mol. The molecule has 1 amide bonds. The van der Waals surface area contributed by atoms with Gasteiger partial charge in [-0.1, -0.05) is 0 Å². The van der Waals surface area contributed by atoms with E-state index in [0.29, 0.717) is 41.3 Å². The molecule has 1 atom stereocenters. The molecule has 0 bridgehead atoms. The highest BCUT2D eigenvalue weighted by molar-refractivity contribution is 5.93. The molecule has 2 aromatic carbocycles. The number of ether oxygens (including phenoxy) is 2. The number of methoxy groups -OCH3 is 2. The van der Waals surface area contributed by atoms with Crippen LogP contribution < -0.4 is 30.7 Å². The largest absolute Gasteiger partial charge is 0.493 e. The lowest BCUT2D eigenvalue weighted by atomic mass is 10.0. The van der Waals surface area contributed by atoms with Gasteiger partial charge in [0.2, 0.25) is 11.9 Å². The summed E-state index contributed by atoms with van der Waals surface area (Å²) >= 11 is 0. The van der Waals surface area contributed by atoms with Crippen LogP contribution in [0.15, 0.2) is 30.3 Å². The SMILES string of the molecule is COc1cc2nc(Nc3cc(N)cc(C(F)(F)F)c3)nc(N3CCC[C@@H](NC(C)=O)C3)c2cc1OC. The summed E-state index contributed by atoms with van der Waals surface area (Å²) in [4.78, 5) is 22.8. The third kappa shape index (κ3) is 5.47. The molecule has 4 N–H and O–H groups in total. The summed E-state index contributed by atoms with van der Waals surface area (Å²) in [5, 5.41) is 6.49. The number of piperidine rings is 1. The highest BCUT2D eigenvalue weighted by atomic mass is 19.4. The number of amides is 1. The fraction of sp³-hybridized carbons (Fsp3) is 0.375. The van der Waals surface area contributed by atoms with Crippen LogP contribution >= 0.6 is 0 Å². The van der Waals surface area contributed by atoms with Gasteiger partial charge in [-0.25, -0.2) is 4.98 Å². The third-order valence-electron chi connectivity index (χ3n) is 5.85. The van der Waals surface area contributed by atoms with Crippen LogP contribution in [-0.4, -0.2) is 49.2 Å². The van der Waals surface area contributed by atoms with E-state index in [1.54, 1.807) is 12.1 Å². The summed E-state index contributed by atoms with van der Waals surface area (Å²) in [5.74, 6) is 1.45. The van der Waals surface area contributed by atoms with Gasteiger partial charge in [-0.05, 0) is 37.1 Å². The summed E-state index contributed by atoms with van der Waals surface area (Å²) in [7, 11) is 3.02. The first-order valence-electron chi connectivity index (χ1n) is 11.3. The number of hydrogen-bond donors (Lipinski definition) is 3. The van der Waals surface area contributed by atoms with Crippen molar-refractivity contribution >= 4 is 40.0 Å². The molecule has 1 aliphatic rings. The Labute approximate surface area is 205 Å². The number of benzene rings is 2. The van der Waals surface area contributed by atoms with Crippen molar-refractivity contribution in [3.05, 3.63) is 35.9 Å². The van der Waals surface area contributed by atoms with Gasteiger partial charge in [0.05, 0.1) is 25.3 Å². The third-order valence-corrected chi connectivity index (χ3v) is 5.85. The summed E-state index contributed by atoms with van der Waals surface area (Å²) in [6, 6.07) is 6.57. The van der Waals surface area contributed by atoms with Crippen molar-refractivity contribution in [2.75, 3.05) is 43.3 Å². The first-order chi connectivity index (χ1) is 17.1. The molecule has 36 heavy (non-hydrogen) atoms. The quantitative estimate of drug-likeness (QED) is 0.430. The molecule has 1 fully saturated rings. The second-order valence-corrected chi connectivity index (χ2v) is 8.55. The van der Waals surface area contributed by atoms with Gasteiger partial charge in [0.15, 0.2) is 11.5 Å². The Balaban J connectivity index is 1.80. The van der Waals surface area contributed by atoms with E-state index in [1.807, 2.05) is 4.90 Å². The minimum absolute atomic E-state index is 0.0473. The van der Waals surface area contributed by atoms with Crippen LogP contribution in [0.5, 0.6) is 11.5 Å². The maximum absolute atomic E-state index is 13.3. The second-order valence-electron chi connectivity index (χ2n) is 8.55. The Morgan fingerprint density at radius 3 is 2.50 bits per heavy atom. The van der Waals surface area contributed by atoms with E-state index in [0.717, 1.165) is 25.0 Å². The predicted molar refractivity (Wildman–Crippen MR) is 131 cm³/mol. The molecule has 2 heterocycles. The number of aromatic nitrogens is 2. The number of nitrogens with two attached hydrogens (primary N) is 1. The van der Waals surface area contributed by atoms with Crippen molar-refractivity contribution in [1.82, 2.24) is 15.3 Å². The minimum Gasteiger partial charge on any atom is -0.493 e. The molecule has 0 unspecified atom stereocenters. The van der Waals surface area contributed by atoms with Crippen molar-refractivity contribution in [2.24, 2.45) is 0 Å². The molecule has 0 spiro atoms. The van der Waals surface area contributed by atoms with Crippen molar-refractivity contribution < 1.29 is 27.4 Å². The molecule has 1 saturated heterocycles. The number of nitrogens with one attached hydrogen (secondary N) is 2. The fourth-order valence-electron chi connectivity index (χ4n) is 4.33. The van der Waals surface area contributed by atoms with E-state index in [2.05, 4.69) is 20.6 Å². The number of halogens is 3. The van der Waals surface area contributed by atoms with Gasteiger partial charge in [-0.3, -0.25) is 4.79 Å². The Bertz CT molecular complexity index is 1280. The van der Waals surface area contributed by atoms with E-state index in [1.165, 1.54) is 27.2 Å². The average Bonchev–Trinajstić information content (AvgIpc) is 2.81. The maximum Gasteiger partial charge on any atom is 0.416 e. The molecule has 1 aliphatic heterocycles. The number of nitrogen functional groups attached to an aromatic ring is 1. The summed E-state index contributed by atoms with van der Waals surface area (Å²) in [6.45, 7) is 2.65. The van der Waals surface area contributed by atoms with Gasteiger partial charge >= 0.3 is 6.18 Å². The smallest absolute Gasteiger partial charge is 0.416 e. The second kappa shape index (κ2) is 9.96. The Kier molecular flexibility index (Phi) is 6.95. The molecule has 1 aromatic heterocycles. The number of fused-ring (bicyclic) bond motifs is 1. The highest BCUT2D eigenvalue weighted by Crippen LogP contribution is 2.38. The first-order valence-corrected chi connectivity index (χ1v) is 11.3. The molecule has 0 aliphatic carbocycles. The molecule has 192 valence electrons. The monoisotopic (exact) mass is 504 g/mol. The normalized spacial score (nSPS) is 16.1. The van der Waals surface area contributed by atoms with E-state index in [4.69, 9.17) is 15.2 Å². The Hall–Kier alpha value is -3.96. The number of anilines is 4. The van der Waals surface area contributed by atoms with Crippen molar-refractivity contribution in [3.63, 3.8) is 0 Å². The number of rotatable bonds is 6. The lowest BCUT2D eigenvalue weighted by Gasteiger charge is -2.34. The lowest BCUT2D eigenvalue weighted by Crippen LogP contribution is -2.47. The molecule has 0 radical (unpaired) electrons. The number of nitrogens with zero attached hydrogens (tertiary/aromatic N) is 3. The van der Waals surface area contributed by atoms with Gasteiger partial charge in [0, 0.05) is 48.9 Å². The van der Waals surface area contributed by atoms with Gasteiger partial charge in [0.1, 0.15) is 5.82 Å². The van der Waals surface area contributed by atoms with Crippen molar-refractivity contribution in [1.29, 1.82) is 0 Å². The molecule has 3 aromatic rings. The zero-order chi connectivity index (χ0) is 26.0. The summed E-state index contributed by atoms with van der Waals surface area (Å²) in [5.41, 5.74) is 5.39. The average molecular weight is 505 g/mol. The maximum atomic E-state index is 13.3. The van der Waals surface area contributed by atoms with Crippen LogP contribution in [0.2, 0.25) is 0 Å². The van der Waals surface area contributed by atoms with E-state index < -0.39 is 11.7 Å².